The predicted octanol–water partition coefficient (Wildman–Crippen LogP) is 4.63. The van der Waals surface area contributed by atoms with E-state index in [1.165, 1.54) is 17.7 Å². The van der Waals surface area contributed by atoms with E-state index in [-0.39, 0.29) is 17.8 Å². The van der Waals surface area contributed by atoms with Crippen LogP contribution in [0.25, 0.3) is 0 Å². The second-order valence-corrected chi connectivity index (χ2v) is 7.88. The van der Waals surface area contributed by atoms with Gasteiger partial charge in [0.25, 0.3) is 5.91 Å². The van der Waals surface area contributed by atoms with E-state index < -0.39 is 0 Å². The van der Waals surface area contributed by atoms with Crippen molar-refractivity contribution in [3.63, 3.8) is 0 Å². The minimum absolute atomic E-state index is 0.137. The van der Waals surface area contributed by atoms with Gasteiger partial charge < -0.3 is 10.2 Å². The zero-order chi connectivity index (χ0) is 22.3. The van der Waals surface area contributed by atoms with Crippen LogP contribution in [0.5, 0.6) is 0 Å². The largest absolute Gasteiger partial charge is 0.352 e. The number of urea groups is 1. The van der Waals surface area contributed by atoms with Gasteiger partial charge in [0, 0.05) is 37.4 Å². The lowest BCUT2D eigenvalue weighted by molar-refractivity contribution is 0.0954. The molecule has 0 aromatic heterocycles. The van der Waals surface area contributed by atoms with E-state index in [4.69, 9.17) is 0 Å². The van der Waals surface area contributed by atoms with Crippen molar-refractivity contribution < 1.29 is 14.0 Å². The Morgan fingerprint density at radius 2 is 1.69 bits per heavy atom. The molecule has 5 nitrogen and oxygen atoms in total. The third-order valence-electron chi connectivity index (χ3n) is 5.54. The molecule has 3 aromatic rings. The zero-order valence-corrected chi connectivity index (χ0v) is 17.8. The van der Waals surface area contributed by atoms with E-state index in [2.05, 4.69) is 5.32 Å². The lowest BCUT2D eigenvalue weighted by Crippen LogP contribution is -2.49. The quantitative estimate of drug-likeness (QED) is 0.593. The fraction of sp³-hybridized carbons (Fsp3) is 0.231. The van der Waals surface area contributed by atoms with Gasteiger partial charge in [-0.05, 0) is 54.3 Å². The number of amides is 3. The molecule has 6 heteroatoms. The van der Waals surface area contributed by atoms with Gasteiger partial charge in [-0.15, -0.1) is 0 Å². The van der Waals surface area contributed by atoms with Gasteiger partial charge in [0.1, 0.15) is 5.82 Å². The van der Waals surface area contributed by atoms with E-state index in [0.717, 1.165) is 18.4 Å². The highest BCUT2D eigenvalue weighted by Crippen LogP contribution is 2.23. The van der Waals surface area contributed by atoms with Crippen LogP contribution in [0.3, 0.4) is 0 Å². The zero-order valence-electron chi connectivity index (χ0n) is 17.8. The van der Waals surface area contributed by atoms with Crippen molar-refractivity contribution in [2.24, 2.45) is 0 Å². The first kappa shape index (κ1) is 21.6. The third-order valence-corrected chi connectivity index (χ3v) is 5.54. The highest BCUT2D eigenvalue weighted by Gasteiger charge is 2.27. The number of hydrogen-bond donors (Lipinski definition) is 1. The summed E-state index contributed by atoms with van der Waals surface area (Å²) in [5, 5.41) is 2.95. The average molecular weight is 432 g/mol. The van der Waals surface area contributed by atoms with Crippen molar-refractivity contribution >= 4 is 17.6 Å². The Morgan fingerprint density at radius 3 is 2.50 bits per heavy atom. The molecule has 1 aliphatic heterocycles. The van der Waals surface area contributed by atoms with E-state index in [1.807, 2.05) is 42.5 Å². The van der Waals surface area contributed by atoms with Gasteiger partial charge in [-0.3, -0.25) is 9.69 Å². The molecule has 0 spiro atoms. The van der Waals surface area contributed by atoms with E-state index in [9.17, 15) is 14.0 Å². The SMILES string of the molecule is O=C(NCCc1ccccc1)c1cccc(N2CCCN(Cc3cccc(F)c3)C2=O)c1. The molecule has 1 saturated heterocycles. The first-order valence-electron chi connectivity index (χ1n) is 10.8. The number of halogens is 1. The molecule has 0 unspecified atom stereocenters. The summed E-state index contributed by atoms with van der Waals surface area (Å²) < 4.78 is 13.5. The predicted molar refractivity (Wildman–Crippen MR) is 123 cm³/mol. The van der Waals surface area contributed by atoms with E-state index >= 15 is 0 Å². The van der Waals surface area contributed by atoms with E-state index in [0.29, 0.717) is 37.4 Å². The lowest BCUT2D eigenvalue weighted by atomic mass is 10.1. The van der Waals surface area contributed by atoms with Gasteiger partial charge in [0.05, 0.1) is 0 Å². The Hall–Kier alpha value is -3.67. The van der Waals surface area contributed by atoms with Crippen molar-refractivity contribution in [2.45, 2.75) is 19.4 Å². The molecule has 1 fully saturated rings. The van der Waals surface area contributed by atoms with Crippen LogP contribution < -0.4 is 10.2 Å². The van der Waals surface area contributed by atoms with Crippen molar-refractivity contribution in [1.29, 1.82) is 0 Å². The molecule has 1 heterocycles. The van der Waals surface area contributed by atoms with Crippen LogP contribution in [0.4, 0.5) is 14.9 Å². The molecule has 0 saturated carbocycles. The Labute approximate surface area is 187 Å². The van der Waals surface area contributed by atoms with E-state index in [1.54, 1.807) is 34.1 Å². The standard InChI is InChI=1S/C26H26FN3O2/c27-23-11-4-9-21(17-23)19-29-15-6-16-30(26(29)32)24-12-5-10-22(18-24)25(31)28-14-13-20-7-2-1-3-8-20/h1-5,7-12,17-18H,6,13-16,19H2,(H,28,31). The van der Waals surface area contributed by atoms with Gasteiger partial charge in [-0.1, -0.05) is 48.5 Å². The van der Waals surface area contributed by atoms with Crippen molar-refractivity contribution in [2.75, 3.05) is 24.5 Å². The molecule has 4 rings (SSSR count). The number of hydrogen-bond acceptors (Lipinski definition) is 2. The number of rotatable bonds is 7. The molecule has 3 aromatic carbocycles. The molecule has 164 valence electrons. The second-order valence-electron chi connectivity index (χ2n) is 7.88. The van der Waals surface area contributed by atoms with Crippen molar-refractivity contribution in [3.8, 4) is 0 Å². The molecule has 0 radical (unpaired) electrons. The van der Waals surface area contributed by atoms with Gasteiger partial charge in [-0.2, -0.15) is 0 Å². The van der Waals surface area contributed by atoms with Crippen LogP contribution >= 0.6 is 0 Å². The van der Waals surface area contributed by atoms with Crippen LogP contribution in [-0.2, 0) is 13.0 Å². The molecular weight excluding hydrogens is 405 g/mol. The summed E-state index contributed by atoms with van der Waals surface area (Å²) in [5.74, 6) is -0.473. The van der Waals surface area contributed by atoms with Gasteiger partial charge >= 0.3 is 6.03 Å². The summed E-state index contributed by atoms with van der Waals surface area (Å²) in [4.78, 5) is 29.1. The number of nitrogens with one attached hydrogen (secondary N) is 1. The number of carbonyl (C=O) groups excluding carboxylic acids is 2. The number of nitrogens with zero attached hydrogens (tertiary/aromatic N) is 2. The molecule has 0 bridgehead atoms. The summed E-state index contributed by atoms with van der Waals surface area (Å²) in [5.41, 5.74) is 3.13. The summed E-state index contributed by atoms with van der Waals surface area (Å²) in [6.07, 6.45) is 1.56. The van der Waals surface area contributed by atoms with Crippen LogP contribution in [-0.4, -0.2) is 36.5 Å². The smallest absolute Gasteiger partial charge is 0.324 e. The topological polar surface area (TPSA) is 52.7 Å². The molecule has 0 atom stereocenters. The Kier molecular flexibility index (Phi) is 6.80. The maximum absolute atomic E-state index is 13.5. The molecule has 1 aliphatic rings. The van der Waals surface area contributed by atoms with Crippen LogP contribution in [0.2, 0.25) is 0 Å². The molecule has 3 amide bonds. The number of benzene rings is 3. The lowest BCUT2D eigenvalue weighted by Gasteiger charge is -2.35. The minimum atomic E-state index is -0.310. The Bertz CT molecular complexity index is 1090. The fourth-order valence-corrected chi connectivity index (χ4v) is 3.91. The highest BCUT2D eigenvalue weighted by atomic mass is 19.1. The Morgan fingerprint density at radius 1 is 0.906 bits per heavy atom. The Balaban J connectivity index is 1.40. The maximum Gasteiger partial charge on any atom is 0.324 e. The molecule has 1 N–H and O–H groups in total. The van der Waals surface area contributed by atoms with Gasteiger partial charge in [-0.25, -0.2) is 9.18 Å². The van der Waals surface area contributed by atoms with Crippen molar-refractivity contribution in [1.82, 2.24) is 10.2 Å². The summed E-state index contributed by atoms with van der Waals surface area (Å²) in [6.45, 7) is 2.09. The van der Waals surface area contributed by atoms with Crippen molar-refractivity contribution in [3.05, 3.63) is 101 Å². The first-order valence-corrected chi connectivity index (χ1v) is 10.8. The van der Waals surface area contributed by atoms with Gasteiger partial charge in [0.2, 0.25) is 0 Å². The number of carbonyl (C=O) groups is 2. The van der Waals surface area contributed by atoms with Gasteiger partial charge in [0.15, 0.2) is 0 Å². The normalized spacial score (nSPS) is 13.8. The third kappa shape index (κ3) is 5.32. The second kappa shape index (κ2) is 10.1. The van der Waals surface area contributed by atoms with Crippen LogP contribution in [0.1, 0.15) is 27.9 Å². The minimum Gasteiger partial charge on any atom is -0.352 e. The monoisotopic (exact) mass is 431 g/mol. The molecular formula is C26H26FN3O2. The average Bonchev–Trinajstić information content (AvgIpc) is 2.81. The summed E-state index contributed by atoms with van der Waals surface area (Å²) >= 11 is 0. The summed E-state index contributed by atoms with van der Waals surface area (Å²) in [6, 6.07) is 23.3. The van der Waals surface area contributed by atoms with Crippen LogP contribution in [0, 0.1) is 5.82 Å². The summed E-state index contributed by atoms with van der Waals surface area (Å²) in [7, 11) is 0. The fourth-order valence-electron chi connectivity index (χ4n) is 3.91. The maximum atomic E-state index is 13.5. The molecule has 0 aliphatic carbocycles. The highest BCUT2D eigenvalue weighted by molar-refractivity contribution is 5.98. The number of anilines is 1. The molecule has 32 heavy (non-hydrogen) atoms. The van der Waals surface area contributed by atoms with Crippen LogP contribution in [0.15, 0.2) is 78.9 Å². The first-order chi connectivity index (χ1) is 15.6.